The first-order chi connectivity index (χ1) is 7.93. The van der Waals surface area contributed by atoms with E-state index in [1.165, 1.54) is 0 Å². The van der Waals surface area contributed by atoms with Crippen LogP contribution >= 0.6 is 11.3 Å². The van der Waals surface area contributed by atoms with Crippen molar-refractivity contribution in [1.82, 2.24) is 9.97 Å². The maximum Gasteiger partial charge on any atom is 0.199 e. The monoisotopic (exact) mass is 230 g/mol. The third kappa shape index (κ3) is 1.67. The van der Waals surface area contributed by atoms with Crippen molar-refractivity contribution in [2.45, 2.75) is 6.61 Å². The number of aromatic nitrogens is 2. The Kier molecular flexibility index (Phi) is 2.34. The number of aromatic amines is 1. The lowest BCUT2D eigenvalue weighted by molar-refractivity contribution is 0.298. The predicted molar refractivity (Wildman–Crippen MR) is 64.7 cm³/mol. The SMILES string of the molecule is c1ccc2c(OCc3nccs3)[nH]cc2c1. The molecule has 16 heavy (non-hydrogen) atoms. The second-order valence-electron chi connectivity index (χ2n) is 3.42. The first-order valence-corrected chi connectivity index (χ1v) is 5.89. The van der Waals surface area contributed by atoms with Gasteiger partial charge in [0.05, 0.1) is 0 Å². The van der Waals surface area contributed by atoms with Crippen molar-refractivity contribution in [3.8, 4) is 5.88 Å². The van der Waals surface area contributed by atoms with Crippen LogP contribution in [0.15, 0.2) is 42.0 Å². The van der Waals surface area contributed by atoms with Crippen LogP contribution in [0, 0.1) is 0 Å². The van der Waals surface area contributed by atoms with Crippen LogP contribution in [0.2, 0.25) is 0 Å². The zero-order valence-corrected chi connectivity index (χ0v) is 9.33. The van der Waals surface area contributed by atoms with Crippen LogP contribution in [0.1, 0.15) is 5.01 Å². The lowest BCUT2D eigenvalue weighted by atomic mass is 10.2. The smallest absolute Gasteiger partial charge is 0.199 e. The molecule has 2 heterocycles. The van der Waals surface area contributed by atoms with Gasteiger partial charge in [0.15, 0.2) is 5.88 Å². The lowest BCUT2D eigenvalue weighted by Crippen LogP contribution is -1.94. The average Bonchev–Trinajstić information content (AvgIpc) is 2.96. The van der Waals surface area contributed by atoms with Gasteiger partial charge in [0.1, 0.15) is 11.6 Å². The molecule has 4 heteroatoms. The molecule has 0 aliphatic heterocycles. The fourth-order valence-corrected chi connectivity index (χ4v) is 2.16. The number of fused-ring (bicyclic) bond motifs is 1. The van der Waals surface area contributed by atoms with Gasteiger partial charge in [-0.25, -0.2) is 4.98 Å². The molecule has 0 aliphatic carbocycles. The second-order valence-corrected chi connectivity index (χ2v) is 4.40. The van der Waals surface area contributed by atoms with Crippen LogP contribution in [-0.4, -0.2) is 9.97 Å². The van der Waals surface area contributed by atoms with Crippen molar-refractivity contribution in [2.24, 2.45) is 0 Å². The normalized spacial score (nSPS) is 10.8. The van der Waals surface area contributed by atoms with Crippen LogP contribution in [-0.2, 0) is 6.61 Å². The Balaban J connectivity index is 1.84. The van der Waals surface area contributed by atoms with Gasteiger partial charge >= 0.3 is 0 Å². The molecule has 0 spiro atoms. The number of benzene rings is 1. The van der Waals surface area contributed by atoms with E-state index in [-0.39, 0.29) is 0 Å². The Morgan fingerprint density at radius 3 is 3.12 bits per heavy atom. The molecule has 0 atom stereocenters. The van der Waals surface area contributed by atoms with E-state index in [2.05, 4.69) is 16.0 Å². The molecule has 3 rings (SSSR count). The Bertz CT molecular complexity index is 586. The number of ether oxygens (including phenoxy) is 1. The van der Waals surface area contributed by atoms with Crippen molar-refractivity contribution in [3.05, 3.63) is 47.0 Å². The van der Waals surface area contributed by atoms with Gasteiger partial charge in [-0.15, -0.1) is 11.3 Å². The molecule has 0 saturated carbocycles. The van der Waals surface area contributed by atoms with Crippen LogP contribution in [0.25, 0.3) is 10.8 Å². The van der Waals surface area contributed by atoms with Gasteiger partial charge in [-0.3, -0.25) is 0 Å². The zero-order valence-electron chi connectivity index (χ0n) is 8.51. The zero-order chi connectivity index (χ0) is 10.8. The van der Waals surface area contributed by atoms with Crippen molar-refractivity contribution in [1.29, 1.82) is 0 Å². The molecule has 0 unspecified atom stereocenters. The summed E-state index contributed by atoms with van der Waals surface area (Å²) in [5, 5.41) is 5.21. The van der Waals surface area contributed by atoms with E-state index >= 15 is 0 Å². The van der Waals surface area contributed by atoms with Crippen LogP contribution in [0.3, 0.4) is 0 Å². The highest BCUT2D eigenvalue weighted by molar-refractivity contribution is 7.09. The maximum absolute atomic E-state index is 5.70. The Labute approximate surface area is 96.7 Å². The minimum absolute atomic E-state index is 0.516. The van der Waals surface area contributed by atoms with Crippen molar-refractivity contribution >= 4 is 22.1 Å². The summed E-state index contributed by atoms with van der Waals surface area (Å²) < 4.78 is 5.70. The van der Waals surface area contributed by atoms with Gasteiger partial charge in [0, 0.05) is 28.5 Å². The molecule has 1 N–H and O–H groups in total. The standard InChI is InChI=1S/C12H10N2OS/c1-2-4-10-9(3-1)7-14-12(10)15-8-11-13-5-6-16-11/h1-7,14H,8H2. The summed E-state index contributed by atoms with van der Waals surface area (Å²) >= 11 is 1.60. The highest BCUT2D eigenvalue weighted by Gasteiger charge is 2.04. The maximum atomic E-state index is 5.70. The molecule has 0 fully saturated rings. The van der Waals surface area contributed by atoms with E-state index in [1.807, 2.05) is 29.8 Å². The minimum atomic E-state index is 0.516. The van der Waals surface area contributed by atoms with Crippen molar-refractivity contribution in [2.75, 3.05) is 0 Å². The first kappa shape index (κ1) is 9.42. The van der Waals surface area contributed by atoms with E-state index < -0.39 is 0 Å². The number of hydrogen-bond donors (Lipinski definition) is 1. The fraction of sp³-hybridized carbons (Fsp3) is 0.0833. The molecule has 1 aromatic carbocycles. The first-order valence-electron chi connectivity index (χ1n) is 5.01. The summed E-state index contributed by atoms with van der Waals surface area (Å²) in [5.41, 5.74) is 0. The molecule has 0 amide bonds. The third-order valence-electron chi connectivity index (χ3n) is 2.39. The lowest BCUT2D eigenvalue weighted by Gasteiger charge is -2.01. The molecule has 0 aliphatic rings. The molecule has 3 nitrogen and oxygen atoms in total. The molecule has 2 aromatic heterocycles. The molecular formula is C12H10N2OS. The van der Waals surface area contributed by atoms with Crippen molar-refractivity contribution in [3.63, 3.8) is 0 Å². The minimum Gasteiger partial charge on any atom is -0.471 e. The van der Waals surface area contributed by atoms with Gasteiger partial charge in [-0.2, -0.15) is 0 Å². The van der Waals surface area contributed by atoms with Gasteiger partial charge < -0.3 is 9.72 Å². The highest BCUT2D eigenvalue weighted by Crippen LogP contribution is 2.24. The van der Waals surface area contributed by atoms with Gasteiger partial charge in [0.2, 0.25) is 0 Å². The van der Waals surface area contributed by atoms with Gasteiger partial charge in [-0.05, 0) is 6.07 Å². The molecule has 80 valence electrons. The van der Waals surface area contributed by atoms with E-state index in [0.717, 1.165) is 21.7 Å². The number of nitrogens with zero attached hydrogens (tertiary/aromatic N) is 1. The molecule has 0 radical (unpaired) electrons. The van der Waals surface area contributed by atoms with Gasteiger partial charge in [0.25, 0.3) is 0 Å². The summed E-state index contributed by atoms with van der Waals surface area (Å²) in [7, 11) is 0. The summed E-state index contributed by atoms with van der Waals surface area (Å²) in [4.78, 5) is 7.31. The summed E-state index contributed by atoms with van der Waals surface area (Å²) in [6.07, 6.45) is 3.74. The van der Waals surface area contributed by atoms with E-state index in [1.54, 1.807) is 17.5 Å². The second kappa shape index (κ2) is 3.98. The molecular weight excluding hydrogens is 220 g/mol. The third-order valence-corrected chi connectivity index (χ3v) is 3.14. The number of nitrogens with one attached hydrogen (secondary N) is 1. The number of hydrogen-bond acceptors (Lipinski definition) is 3. The topological polar surface area (TPSA) is 37.9 Å². The van der Waals surface area contributed by atoms with E-state index in [9.17, 15) is 0 Å². The van der Waals surface area contributed by atoms with Crippen molar-refractivity contribution < 1.29 is 4.74 Å². The van der Waals surface area contributed by atoms with Crippen LogP contribution in [0.5, 0.6) is 5.88 Å². The Morgan fingerprint density at radius 2 is 2.25 bits per heavy atom. The number of rotatable bonds is 3. The summed E-state index contributed by atoms with van der Waals surface area (Å²) in [6, 6.07) is 8.12. The van der Waals surface area contributed by atoms with E-state index in [0.29, 0.717) is 6.61 Å². The summed E-state index contributed by atoms with van der Waals surface area (Å²) in [6.45, 7) is 0.516. The molecule has 0 bridgehead atoms. The highest BCUT2D eigenvalue weighted by atomic mass is 32.1. The fourth-order valence-electron chi connectivity index (χ4n) is 1.63. The molecule has 3 aromatic rings. The van der Waals surface area contributed by atoms with Crippen LogP contribution in [0.4, 0.5) is 0 Å². The predicted octanol–water partition coefficient (Wildman–Crippen LogP) is 3.20. The number of H-pyrrole nitrogens is 1. The van der Waals surface area contributed by atoms with Crippen LogP contribution < -0.4 is 4.74 Å². The van der Waals surface area contributed by atoms with E-state index in [4.69, 9.17) is 4.74 Å². The average molecular weight is 230 g/mol. The largest absolute Gasteiger partial charge is 0.471 e. The van der Waals surface area contributed by atoms with Gasteiger partial charge in [-0.1, -0.05) is 18.2 Å². The number of thiazole rings is 1. The molecule has 0 saturated heterocycles. The quantitative estimate of drug-likeness (QED) is 0.750. The Hall–Kier alpha value is -1.81. The Morgan fingerprint density at radius 1 is 1.31 bits per heavy atom. The summed E-state index contributed by atoms with van der Waals surface area (Å²) in [5.74, 6) is 0.811.